The third kappa shape index (κ3) is 7.63. The summed E-state index contributed by atoms with van der Waals surface area (Å²) in [5.41, 5.74) is 5.84. The molecule has 2 N–H and O–H groups in total. The van der Waals surface area contributed by atoms with Crippen LogP contribution >= 0.6 is 0 Å². The summed E-state index contributed by atoms with van der Waals surface area (Å²) >= 11 is 0. The van der Waals surface area contributed by atoms with Gasteiger partial charge in [-0.25, -0.2) is 0 Å². The fourth-order valence-electron chi connectivity index (χ4n) is 1.17. The van der Waals surface area contributed by atoms with Crippen molar-refractivity contribution in [3.8, 4) is 11.8 Å². The highest BCUT2D eigenvalue weighted by molar-refractivity contribution is 4.97. The van der Waals surface area contributed by atoms with Crippen LogP contribution in [0.5, 0.6) is 0 Å². The summed E-state index contributed by atoms with van der Waals surface area (Å²) in [7, 11) is 0. The van der Waals surface area contributed by atoms with E-state index in [1.807, 2.05) is 6.92 Å². The number of hydrogen-bond acceptors (Lipinski definition) is 1. The van der Waals surface area contributed by atoms with Gasteiger partial charge in [-0.2, -0.15) is 0 Å². The van der Waals surface area contributed by atoms with Crippen LogP contribution in [0.1, 0.15) is 52.4 Å². The van der Waals surface area contributed by atoms with Gasteiger partial charge in [0, 0.05) is 12.5 Å². The Hall–Kier alpha value is -0.480. The summed E-state index contributed by atoms with van der Waals surface area (Å²) in [6.07, 6.45) is 7.22. The first-order chi connectivity index (χ1) is 5.81. The van der Waals surface area contributed by atoms with Crippen LogP contribution in [0.3, 0.4) is 0 Å². The van der Waals surface area contributed by atoms with E-state index < -0.39 is 0 Å². The Bertz CT molecular complexity index is 141. The van der Waals surface area contributed by atoms with E-state index in [4.69, 9.17) is 5.73 Å². The van der Waals surface area contributed by atoms with Gasteiger partial charge in [-0.3, -0.25) is 0 Å². The van der Waals surface area contributed by atoms with Crippen LogP contribution < -0.4 is 5.73 Å². The van der Waals surface area contributed by atoms with Crippen LogP contribution in [-0.2, 0) is 0 Å². The smallest absolute Gasteiger partial charge is 0.0241 e. The predicted octanol–water partition coefficient (Wildman–Crippen LogP) is 2.70. The second-order valence-corrected chi connectivity index (χ2v) is 3.24. The summed E-state index contributed by atoms with van der Waals surface area (Å²) in [6.45, 7) is 4.09. The average Bonchev–Trinajstić information content (AvgIpc) is 2.09. The van der Waals surface area contributed by atoms with Crippen LogP contribution in [0.2, 0.25) is 0 Å². The Kier molecular flexibility index (Phi) is 8.27. The lowest BCUT2D eigenvalue weighted by Gasteiger charge is -2.06. The maximum atomic E-state index is 5.84. The topological polar surface area (TPSA) is 26.0 Å². The Morgan fingerprint density at radius 1 is 1.25 bits per heavy atom. The monoisotopic (exact) mass is 167 g/mol. The van der Waals surface area contributed by atoms with E-state index in [0.717, 1.165) is 12.8 Å². The normalized spacial score (nSPS) is 11.9. The molecule has 0 aromatic carbocycles. The lowest BCUT2D eigenvalue weighted by molar-refractivity contribution is 0.556. The van der Waals surface area contributed by atoms with Crippen LogP contribution in [0.25, 0.3) is 0 Å². The first-order valence-corrected chi connectivity index (χ1v) is 4.96. The highest BCUT2D eigenvalue weighted by Crippen LogP contribution is 2.05. The molecule has 0 aliphatic rings. The molecule has 0 aliphatic carbocycles. The van der Waals surface area contributed by atoms with Crippen molar-refractivity contribution in [3.63, 3.8) is 0 Å². The zero-order chi connectivity index (χ0) is 9.23. The van der Waals surface area contributed by atoms with Crippen LogP contribution in [0.15, 0.2) is 0 Å². The Morgan fingerprint density at radius 3 is 2.58 bits per heavy atom. The van der Waals surface area contributed by atoms with Gasteiger partial charge < -0.3 is 5.73 Å². The molecule has 1 unspecified atom stereocenters. The lowest BCUT2D eigenvalue weighted by atomic mass is 10.1. The highest BCUT2D eigenvalue weighted by atomic mass is 14.6. The molecule has 0 aromatic heterocycles. The van der Waals surface area contributed by atoms with Crippen molar-refractivity contribution in [1.82, 2.24) is 0 Å². The Balaban J connectivity index is 3.17. The van der Waals surface area contributed by atoms with Gasteiger partial charge in [-0.05, 0) is 13.3 Å². The number of hydrogen-bond donors (Lipinski definition) is 1. The van der Waals surface area contributed by atoms with Gasteiger partial charge in [-0.15, -0.1) is 11.8 Å². The first kappa shape index (κ1) is 11.5. The van der Waals surface area contributed by atoms with Crippen LogP contribution in [0, 0.1) is 11.8 Å². The molecule has 0 fully saturated rings. The third-order valence-corrected chi connectivity index (χ3v) is 1.97. The van der Waals surface area contributed by atoms with Crippen molar-refractivity contribution < 1.29 is 0 Å². The molecule has 0 spiro atoms. The molecule has 0 saturated heterocycles. The summed E-state index contributed by atoms with van der Waals surface area (Å²) in [5.74, 6) is 5.88. The molecule has 0 aromatic rings. The van der Waals surface area contributed by atoms with E-state index in [9.17, 15) is 0 Å². The van der Waals surface area contributed by atoms with E-state index in [2.05, 4.69) is 18.8 Å². The molecule has 0 amide bonds. The Morgan fingerprint density at radius 2 is 2.00 bits per heavy atom. The zero-order valence-electron chi connectivity index (χ0n) is 8.40. The van der Waals surface area contributed by atoms with Crippen LogP contribution in [0.4, 0.5) is 0 Å². The SMILES string of the molecule is CC#CCC(N)CCCCCC. The largest absolute Gasteiger partial charge is 0.327 e. The molecule has 1 atom stereocenters. The minimum atomic E-state index is 0.300. The molecule has 0 radical (unpaired) electrons. The van der Waals surface area contributed by atoms with Crippen molar-refractivity contribution in [3.05, 3.63) is 0 Å². The maximum Gasteiger partial charge on any atom is 0.0241 e. The molecule has 1 nitrogen and oxygen atoms in total. The standard InChI is InChI=1S/C11H21N/c1-3-5-7-8-10-11(12)9-6-4-2/h11H,3,5,7-10,12H2,1-2H3. The fraction of sp³-hybridized carbons (Fsp3) is 0.818. The maximum absolute atomic E-state index is 5.84. The number of rotatable bonds is 6. The van der Waals surface area contributed by atoms with Crippen molar-refractivity contribution in [1.29, 1.82) is 0 Å². The summed E-state index contributed by atoms with van der Waals surface area (Å²) in [6, 6.07) is 0.300. The molecule has 0 rings (SSSR count). The van der Waals surface area contributed by atoms with Crippen molar-refractivity contribution in [2.24, 2.45) is 5.73 Å². The third-order valence-electron chi connectivity index (χ3n) is 1.97. The highest BCUT2D eigenvalue weighted by Gasteiger charge is 1.98. The fourth-order valence-corrected chi connectivity index (χ4v) is 1.17. The molecule has 0 saturated carbocycles. The van der Waals surface area contributed by atoms with Gasteiger partial charge in [-0.1, -0.05) is 32.6 Å². The molecule has 0 heterocycles. The first-order valence-electron chi connectivity index (χ1n) is 4.96. The molecule has 70 valence electrons. The van der Waals surface area contributed by atoms with Gasteiger partial charge in [0.25, 0.3) is 0 Å². The number of unbranched alkanes of at least 4 members (excludes halogenated alkanes) is 3. The molecule has 0 bridgehead atoms. The second kappa shape index (κ2) is 8.62. The van der Waals surface area contributed by atoms with Crippen molar-refractivity contribution in [2.45, 2.75) is 58.4 Å². The lowest BCUT2D eigenvalue weighted by Crippen LogP contribution is -2.18. The van der Waals surface area contributed by atoms with E-state index in [0.29, 0.717) is 6.04 Å². The molecule has 12 heavy (non-hydrogen) atoms. The van der Waals surface area contributed by atoms with E-state index >= 15 is 0 Å². The van der Waals surface area contributed by atoms with Gasteiger partial charge >= 0.3 is 0 Å². The van der Waals surface area contributed by atoms with Crippen molar-refractivity contribution in [2.75, 3.05) is 0 Å². The minimum Gasteiger partial charge on any atom is -0.327 e. The molecular weight excluding hydrogens is 146 g/mol. The summed E-state index contributed by atoms with van der Waals surface area (Å²) < 4.78 is 0. The van der Waals surface area contributed by atoms with Gasteiger partial charge in [0.1, 0.15) is 0 Å². The molecular formula is C11H21N. The summed E-state index contributed by atoms with van der Waals surface area (Å²) in [4.78, 5) is 0. The van der Waals surface area contributed by atoms with Gasteiger partial charge in [0.2, 0.25) is 0 Å². The minimum absolute atomic E-state index is 0.300. The van der Waals surface area contributed by atoms with Gasteiger partial charge in [0.05, 0.1) is 0 Å². The van der Waals surface area contributed by atoms with Crippen molar-refractivity contribution >= 4 is 0 Å². The predicted molar refractivity (Wildman–Crippen MR) is 54.8 cm³/mol. The molecule has 0 aliphatic heterocycles. The Labute approximate surface area is 76.7 Å². The van der Waals surface area contributed by atoms with E-state index in [1.54, 1.807) is 0 Å². The summed E-state index contributed by atoms with van der Waals surface area (Å²) in [5, 5.41) is 0. The molecule has 1 heteroatoms. The van der Waals surface area contributed by atoms with Gasteiger partial charge in [0.15, 0.2) is 0 Å². The quantitative estimate of drug-likeness (QED) is 0.477. The zero-order valence-corrected chi connectivity index (χ0v) is 8.40. The number of nitrogens with two attached hydrogens (primary N) is 1. The second-order valence-electron chi connectivity index (χ2n) is 3.24. The van der Waals surface area contributed by atoms with E-state index in [-0.39, 0.29) is 0 Å². The van der Waals surface area contributed by atoms with Crippen LogP contribution in [-0.4, -0.2) is 6.04 Å². The van der Waals surface area contributed by atoms with E-state index in [1.165, 1.54) is 25.7 Å². The average molecular weight is 167 g/mol.